The highest BCUT2D eigenvalue weighted by molar-refractivity contribution is 8.45. The van der Waals surface area contributed by atoms with Gasteiger partial charge in [0.25, 0.3) is 0 Å². The maximum absolute atomic E-state index is 13.4. The molecule has 15 heteroatoms. The second-order valence-electron chi connectivity index (χ2n) is 6.28. The highest BCUT2D eigenvalue weighted by Crippen LogP contribution is 3.02. The molecule has 1 aromatic carbocycles. The average Bonchev–Trinajstić information content (AvgIpc) is 3.12. The number of nitrogens with zero attached hydrogens (tertiary/aromatic N) is 4. The number of hydrogen-bond donors (Lipinski definition) is 1. The Morgan fingerprint density at radius 2 is 1.71 bits per heavy atom. The maximum atomic E-state index is 13.4. The number of aliphatic hydroxyl groups is 1. The molecule has 0 amide bonds. The Morgan fingerprint density at radius 1 is 1.06 bits per heavy atom. The van der Waals surface area contributed by atoms with E-state index in [4.69, 9.17) is 4.74 Å². The van der Waals surface area contributed by atoms with Crippen molar-refractivity contribution in [2.45, 2.75) is 23.7 Å². The lowest BCUT2D eigenvalue weighted by Crippen LogP contribution is -2.16. The van der Waals surface area contributed by atoms with Crippen LogP contribution in [0.1, 0.15) is 17.2 Å². The van der Waals surface area contributed by atoms with Crippen LogP contribution in [0, 0.1) is 0 Å². The highest BCUT2D eigenvalue weighted by Gasteiger charge is 2.65. The summed E-state index contributed by atoms with van der Waals surface area (Å²) in [4.78, 5) is 5.03. The quantitative estimate of drug-likeness (QED) is 0.450. The molecule has 0 spiro atoms. The lowest BCUT2D eigenvalue weighted by Gasteiger charge is -2.40. The van der Waals surface area contributed by atoms with Gasteiger partial charge in [0, 0.05) is 17.8 Å². The Kier molecular flexibility index (Phi) is 4.97. The number of aliphatic hydroxyl groups excluding tert-OH is 1. The number of rotatable bonds is 6. The third-order valence-electron chi connectivity index (χ3n) is 3.89. The Bertz CT molecular complexity index is 1070. The molecule has 170 valence electrons. The zero-order valence-corrected chi connectivity index (χ0v) is 15.8. The first kappa shape index (κ1) is 22.7. The van der Waals surface area contributed by atoms with Crippen LogP contribution in [-0.2, 0) is 12.7 Å². The summed E-state index contributed by atoms with van der Waals surface area (Å²) >= 11 is 0. The second kappa shape index (κ2) is 6.78. The summed E-state index contributed by atoms with van der Waals surface area (Å²) in [5.41, 5.74) is -1.92. The topological polar surface area (TPSA) is 73.1 Å². The molecule has 0 radical (unpaired) electrons. The minimum Gasteiger partial charge on any atom is -0.439 e. The number of halogens is 8. The smallest absolute Gasteiger partial charge is 0.417 e. The fraction of sp³-hybridized carbons (Fsp3) is 0.188. The summed E-state index contributed by atoms with van der Waals surface area (Å²) in [6, 6.07) is 1.58. The standard InChI is InChI=1S/C16H12F8N4O2S/c17-16(18,19)13-5-15(26-6-12(13)14(29)7-28-9-25-8-27-28)30-10-1-3-11(4-2-10)31(20,21,22,23)24/h1-6,8-9,14,29H,7H2. The molecule has 1 unspecified atom stereocenters. The van der Waals surface area contributed by atoms with Gasteiger partial charge in [0.1, 0.15) is 29.4 Å². The van der Waals surface area contributed by atoms with E-state index in [-0.39, 0.29) is 18.7 Å². The van der Waals surface area contributed by atoms with E-state index in [2.05, 4.69) is 15.1 Å². The summed E-state index contributed by atoms with van der Waals surface area (Å²) in [6.45, 7) is -0.360. The Labute approximate surface area is 168 Å². The predicted molar refractivity (Wildman–Crippen MR) is 92.1 cm³/mol. The number of ether oxygens (including phenoxy) is 1. The molecule has 0 saturated heterocycles. The van der Waals surface area contributed by atoms with Gasteiger partial charge in [0.15, 0.2) is 0 Å². The number of alkyl halides is 3. The minimum absolute atomic E-state index is 0.0534. The molecule has 2 heterocycles. The van der Waals surface area contributed by atoms with Gasteiger partial charge in [-0.15, -0.1) is 0 Å². The number of benzene rings is 1. The highest BCUT2D eigenvalue weighted by atomic mass is 32.5. The van der Waals surface area contributed by atoms with Crippen LogP contribution in [0.5, 0.6) is 11.6 Å². The van der Waals surface area contributed by atoms with E-state index in [1.165, 1.54) is 6.33 Å². The van der Waals surface area contributed by atoms with Gasteiger partial charge in [-0.05, 0) is 24.3 Å². The molecule has 2 aromatic heterocycles. The Balaban J connectivity index is 1.88. The molecule has 0 aliphatic carbocycles. The summed E-state index contributed by atoms with van der Waals surface area (Å²) in [5, 5.41) is 13.8. The van der Waals surface area contributed by atoms with Crippen molar-refractivity contribution in [2.24, 2.45) is 0 Å². The van der Waals surface area contributed by atoms with Crippen LogP contribution in [0.2, 0.25) is 0 Å². The molecular formula is C16H12F8N4O2S. The molecule has 1 atom stereocenters. The van der Waals surface area contributed by atoms with Crippen LogP contribution in [0.4, 0.5) is 32.6 Å². The first-order chi connectivity index (χ1) is 14.0. The number of hydrogen-bond acceptors (Lipinski definition) is 5. The van der Waals surface area contributed by atoms with Gasteiger partial charge >= 0.3 is 16.4 Å². The molecule has 3 aromatic rings. The van der Waals surface area contributed by atoms with E-state index >= 15 is 0 Å². The van der Waals surface area contributed by atoms with E-state index in [9.17, 15) is 37.7 Å². The lowest BCUT2D eigenvalue weighted by molar-refractivity contribution is -0.139. The van der Waals surface area contributed by atoms with Crippen molar-refractivity contribution in [2.75, 3.05) is 0 Å². The normalized spacial score (nSPS) is 15.8. The molecule has 0 aliphatic heterocycles. The van der Waals surface area contributed by atoms with Crippen LogP contribution >= 0.6 is 10.2 Å². The SMILES string of the molecule is OC(Cn1cncn1)c1cnc(Oc2ccc(S(F)(F)(F)(F)F)cc2)cc1C(F)(F)F. The van der Waals surface area contributed by atoms with E-state index in [1.54, 1.807) is 0 Å². The molecule has 1 N–H and O–H groups in total. The van der Waals surface area contributed by atoms with Crippen LogP contribution in [0.25, 0.3) is 0 Å². The van der Waals surface area contributed by atoms with Crippen LogP contribution in [-0.4, -0.2) is 24.9 Å². The molecule has 31 heavy (non-hydrogen) atoms. The largest absolute Gasteiger partial charge is 0.439 e. The van der Waals surface area contributed by atoms with Crippen molar-refractivity contribution < 1.29 is 42.4 Å². The summed E-state index contributed by atoms with van der Waals surface area (Å²) in [5.74, 6) is -1.13. The van der Waals surface area contributed by atoms with Crippen molar-refractivity contribution in [1.82, 2.24) is 19.7 Å². The van der Waals surface area contributed by atoms with Crippen molar-refractivity contribution >= 4 is 10.2 Å². The molecule has 6 nitrogen and oxygen atoms in total. The van der Waals surface area contributed by atoms with Gasteiger partial charge in [-0.2, -0.15) is 18.3 Å². The van der Waals surface area contributed by atoms with Gasteiger partial charge in [0.05, 0.1) is 12.1 Å². The van der Waals surface area contributed by atoms with Crippen molar-refractivity contribution in [3.8, 4) is 11.6 Å². The maximum Gasteiger partial charge on any atom is 0.417 e. The Hall–Kier alpha value is -2.94. The monoisotopic (exact) mass is 476 g/mol. The lowest BCUT2D eigenvalue weighted by atomic mass is 10.0. The van der Waals surface area contributed by atoms with Gasteiger partial charge in [-0.3, -0.25) is 4.68 Å². The first-order valence-corrected chi connectivity index (χ1v) is 10.1. The first-order valence-electron chi connectivity index (χ1n) is 8.12. The second-order valence-corrected chi connectivity index (χ2v) is 8.69. The zero-order valence-electron chi connectivity index (χ0n) is 15.0. The molecule has 0 bridgehead atoms. The molecule has 0 saturated carbocycles. The summed E-state index contributed by atoms with van der Waals surface area (Å²) in [6.07, 6.45) is -3.63. The van der Waals surface area contributed by atoms with E-state index in [0.29, 0.717) is 24.4 Å². The van der Waals surface area contributed by atoms with E-state index in [1.807, 2.05) is 0 Å². The molecule has 0 aliphatic rings. The van der Waals surface area contributed by atoms with Gasteiger partial charge in [-0.1, -0.05) is 19.4 Å². The Morgan fingerprint density at radius 3 is 2.23 bits per heavy atom. The van der Waals surface area contributed by atoms with Crippen LogP contribution in [0.3, 0.4) is 0 Å². The van der Waals surface area contributed by atoms with Gasteiger partial charge in [0.2, 0.25) is 5.88 Å². The summed E-state index contributed by atoms with van der Waals surface area (Å²) < 4.78 is 110. The van der Waals surface area contributed by atoms with Gasteiger partial charge < -0.3 is 9.84 Å². The third kappa shape index (κ3) is 5.61. The molecule has 0 fully saturated rings. The van der Waals surface area contributed by atoms with Gasteiger partial charge in [-0.25, -0.2) is 9.97 Å². The van der Waals surface area contributed by atoms with Crippen molar-refractivity contribution in [1.29, 1.82) is 0 Å². The van der Waals surface area contributed by atoms with Crippen molar-refractivity contribution in [3.63, 3.8) is 0 Å². The van der Waals surface area contributed by atoms with Crippen LogP contribution < -0.4 is 4.74 Å². The number of aromatic nitrogens is 4. The predicted octanol–water partition coefficient (Wildman–Crippen LogP) is 5.88. The van der Waals surface area contributed by atoms with E-state index < -0.39 is 50.2 Å². The van der Waals surface area contributed by atoms with Crippen LogP contribution in [0.15, 0.2) is 54.1 Å². The number of pyridine rings is 1. The van der Waals surface area contributed by atoms with E-state index in [0.717, 1.165) is 11.0 Å². The minimum atomic E-state index is -9.90. The fourth-order valence-corrected chi connectivity index (χ4v) is 3.15. The third-order valence-corrected chi connectivity index (χ3v) is 5.06. The molecule has 3 rings (SSSR count). The zero-order chi connectivity index (χ0) is 23.1. The average molecular weight is 476 g/mol. The fourth-order valence-electron chi connectivity index (χ4n) is 2.50. The van der Waals surface area contributed by atoms with Crippen molar-refractivity contribution in [3.05, 3.63) is 60.3 Å². The summed E-state index contributed by atoms with van der Waals surface area (Å²) in [7, 11) is -9.90. The molecular weight excluding hydrogens is 464 g/mol.